The van der Waals surface area contributed by atoms with Gasteiger partial charge in [0, 0.05) is 17.8 Å². The molecule has 0 fully saturated rings. The standard InChI is InChI=1S/C24H30N2/c1-7-10-12-20-19(6)23(26-16-14-17(4)8-2)21-13-11-15-25-24(21)22(20)18(5)9-3/h7,10-16,18H,1,8-9H2,2-6H3/b12-10-,17-14+,26-16?. The highest BCUT2D eigenvalue weighted by atomic mass is 14.7. The van der Waals surface area contributed by atoms with E-state index in [1.165, 1.54) is 22.3 Å². The molecule has 2 heteroatoms. The maximum absolute atomic E-state index is 4.82. The largest absolute Gasteiger partial charge is 0.256 e. The van der Waals surface area contributed by atoms with Crippen LogP contribution in [0.25, 0.3) is 17.0 Å². The van der Waals surface area contributed by atoms with E-state index >= 15 is 0 Å². The molecule has 0 spiro atoms. The lowest BCUT2D eigenvalue weighted by molar-refractivity contribution is 0.735. The van der Waals surface area contributed by atoms with Crippen LogP contribution in [0, 0.1) is 6.92 Å². The third kappa shape index (κ3) is 4.19. The van der Waals surface area contributed by atoms with Gasteiger partial charge in [-0.25, -0.2) is 0 Å². The van der Waals surface area contributed by atoms with Crippen molar-refractivity contribution in [2.75, 3.05) is 0 Å². The molecule has 2 aromatic rings. The molecule has 0 N–H and O–H groups in total. The average molecular weight is 347 g/mol. The molecule has 1 atom stereocenters. The Bertz CT molecular complexity index is 869. The molecule has 0 radical (unpaired) electrons. The van der Waals surface area contributed by atoms with Crippen molar-refractivity contribution in [1.29, 1.82) is 0 Å². The quantitative estimate of drug-likeness (QED) is 0.381. The van der Waals surface area contributed by atoms with Crippen LogP contribution >= 0.6 is 0 Å². The third-order valence-corrected chi connectivity index (χ3v) is 4.99. The first-order valence-corrected chi connectivity index (χ1v) is 9.45. The summed E-state index contributed by atoms with van der Waals surface area (Å²) in [5, 5.41) is 1.12. The number of benzene rings is 1. The van der Waals surface area contributed by atoms with Crippen LogP contribution in [-0.4, -0.2) is 11.2 Å². The van der Waals surface area contributed by atoms with Gasteiger partial charge in [0.2, 0.25) is 0 Å². The zero-order valence-electron chi connectivity index (χ0n) is 16.7. The van der Waals surface area contributed by atoms with E-state index < -0.39 is 0 Å². The number of hydrogen-bond acceptors (Lipinski definition) is 2. The molecule has 1 unspecified atom stereocenters. The van der Waals surface area contributed by atoms with E-state index in [2.05, 4.69) is 59.4 Å². The van der Waals surface area contributed by atoms with E-state index in [1.54, 1.807) is 0 Å². The first-order valence-electron chi connectivity index (χ1n) is 9.45. The van der Waals surface area contributed by atoms with Crippen molar-refractivity contribution in [2.45, 2.75) is 53.4 Å². The van der Waals surface area contributed by atoms with Gasteiger partial charge in [-0.05, 0) is 67.5 Å². The molecule has 0 aliphatic rings. The number of aromatic nitrogens is 1. The Hall–Kier alpha value is -2.48. The smallest absolute Gasteiger partial charge is 0.0764 e. The van der Waals surface area contributed by atoms with Crippen LogP contribution in [0.4, 0.5) is 5.69 Å². The number of pyridine rings is 1. The predicted octanol–water partition coefficient (Wildman–Crippen LogP) is 7.31. The first-order chi connectivity index (χ1) is 12.5. The van der Waals surface area contributed by atoms with E-state index in [9.17, 15) is 0 Å². The maximum Gasteiger partial charge on any atom is 0.0764 e. The molecule has 26 heavy (non-hydrogen) atoms. The van der Waals surface area contributed by atoms with Gasteiger partial charge in [0.05, 0.1) is 11.2 Å². The number of nitrogens with zero attached hydrogens (tertiary/aromatic N) is 2. The molecule has 1 heterocycles. The van der Waals surface area contributed by atoms with Gasteiger partial charge in [-0.2, -0.15) is 0 Å². The summed E-state index contributed by atoms with van der Waals surface area (Å²) in [5.74, 6) is 0.427. The SMILES string of the molecule is C=C/C=C\c1c(C)c(N=C/C=C(\C)CC)c2cccnc2c1C(C)CC. The molecule has 0 amide bonds. The summed E-state index contributed by atoms with van der Waals surface area (Å²) >= 11 is 0. The Balaban J connectivity index is 2.82. The number of allylic oxidation sites excluding steroid dienone is 4. The van der Waals surface area contributed by atoms with E-state index in [4.69, 9.17) is 9.98 Å². The zero-order chi connectivity index (χ0) is 19.1. The summed E-state index contributed by atoms with van der Waals surface area (Å²) in [4.78, 5) is 9.55. The molecule has 1 aromatic carbocycles. The van der Waals surface area contributed by atoms with E-state index in [0.717, 1.165) is 29.4 Å². The summed E-state index contributed by atoms with van der Waals surface area (Å²) in [6.07, 6.45) is 13.9. The Kier molecular flexibility index (Phi) is 7.08. The van der Waals surface area contributed by atoms with Crippen molar-refractivity contribution in [3.05, 3.63) is 65.4 Å². The van der Waals surface area contributed by atoms with Gasteiger partial charge in [-0.15, -0.1) is 0 Å². The average Bonchev–Trinajstić information content (AvgIpc) is 2.67. The topological polar surface area (TPSA) is 25.2 Å². The minimum absolute atomic E-state index is 0.427. The second kappa shape index (κ2) is 9.28. The molecule has 2 rings (SSSR count). The van der Waals surface area contributed by atoms with E-state index in [0.29, 0.717) is 5.92 Å². The van der Waals surface area contributed by atoms with E-state index in [1.807, 2.05) is 30.6 Å². The summed E-state index contributed by atoms with van der Waals surface area (Å²) < 4.78 is 0. The highest BCUT2D eigenvalue weighted by Crippen LogP contribution is 2.39. The van der Waals surface area contributed by atoms with Crippen LogP contribution in [0.2, 0.25) is 0 Å². The summed E-state index contributed by atoms with van der Waals surface area (Å²) in [6.45, 7) is 14.8. The second-order valence-corrected chi connectivity index (χ2v) is 6.75. The summed E-state index contributed by atoms with van der Waals surface area (Å²) in [6, 6.07) is 4.12. The third-order valence-electron chi connectivity index (χ3n) is 4.99. The maximum atomic E-state index is 4.82. The molecular formula is C24H30N2. The first kappa shape index (κ1) is 19.8. The van der Waals surface area contributed by atoms with Crippen molar-refractivity contribution in [2.24, 2.45) is 4.99 Å². The van der Waals surface area contributed by atoms with Crippen molar-refractivity contribution in [3.63, 3.8) is 0 Å². The molecule has 2 nitrogen and oxygen atoms in total. The Morgan fingerprint density at radius 1 is 1.35 bits per heavy atom. The lowest BCUT2D eigenvalue weighted by atomic mass is 9.87. The highest BCUT2D eigenvalue weighted by molar-refractivity contribution is 5.99. The molecule has 0 bridgehead atoms. The molecule has 0 saturated carbocycles. The van der Waals surface area contributed by atoms with Gasteiger partial charge in [0.15, 0.2) is 0 Å². The molecule has 0 aliphatic carbocycles. The fourth-order valence-electron chi connectivity index (χ4n) is 3.08. The monoisotopic (exact) mass is 346 g/mol. The van der Waals surface area contributed by atoms with Crippen LogP contribution < -0.4 is 0 Å². The van der Waals surface area contributed by atoms with Crippen LogP contribution in [0.5, 0.6) is 0 Å². The van der Waals surface area contributed by atoms with Gasteiger partial charge in [-0.3, -0.25) is 9.98 Å². The number of aliphatic imine (C=N–C) groups is 1. The van der Waals surface area contributed by atoms with Crippen LogP contribution in [0.3, 0.4) is 0 Å². The van der Waals surface area contributed by atoms with Gasteiger partial charge in [0.1, 0.15) is 0 Å². The summed E-state index contributed by atoms with van der Waals surface area (Å²) in [5.41, 5.74) is 7.09. The fourth-order valence-corrected chi connectivity index (χ4v) is 3.08. The predicted molar refractivity (Wildman–Crippen MR) is 117 cm³/mol. The highest BCUT2D eigenvalue weighted by Gasteiger charge is 2.19. The lowest BCUT2D eigenvalue weighted by Gasteiger charge is -2.20. The van der Waals surface area contributed by atoms with Crippen molar-refractivity contribution >= 4 is 28.9 Å². The zero-order valence-corrected chi connectivity index (χ0v) is 16.7. The fraction of sp³-hybridized carbons (Fsp3) is 0.333. The van der Waals surface area contributed by atoms with Crippen LogP contribution in [-0.2, 0) is 0 Å². The molecule has 0 saturated heterocycles. The van der Waals surface area contributed by atoms with Crippen molar-refractivity contribution < 1.29 is 0 Å². The Morgan fingerprint density at radius 2 is 2.12 bits per heavy atom. The number of rotatable bonds is 7. The van der Waals surface area contributed by atoms with Crippen molar-refractivity contribution in [1.82, 2.24) is 4.98 Å². The number of hydrogen-bond donors (Lipinski definition) is 0. The van der Waals surface area contributed by atoms with Gasteiger partial charge < -0.3 is 0 Å². The Labute approximate surface area is 158 Å². The molecular weight excluding hydrogens is 316 g/mol. The normalized spacial score (nSPS) is 13.8. The van der Waals surface area contributed by atoms with Crippen LogP contribution in [0.1, 0.15) is 63.1 Å². The van der Waals surface area contributed by atoms with Gasteiger partial charge in [-0.1, -0.05) is 51.2 Å². The molecule has 0 aliphatic heterocycles. The minimum Gasteiger partial charge on any atom is -0.256 e. The molecule has 136 valence electrons. The summed E-state index contributed by atoms with van der Waals surface area (Å²) in [7, 11) is 0. The van der Waals surface area contributed by atoms with E-state index in [-0.39, 0.29) is 0 Å². The molecule has 1 aromatic heterocycles. The Morgan fingerprint density at radius 3 is 2.77 bits per heavy atom. The second-order valence-electron chi connectivity index (χ2n) is 6.75. The van der Waals surface area contributed by atoms with Gasteiger partial charge >= 0.3 is 0 Å². The van der Waals surface area contributed by atoms with Crippen molar-refractivity contribution in [3.8, 4) is 0 Å². The minimum atomic E-state index is 0.427. The van der Waals surface area contributed by atoms with Crippen LogP contribution in [0.15, 0.2) is 53.7 Å². The number of fused-ring (bicyclic) bond motifs is 1. The van der Waals surface area contributed by atoms with Gasteiger partial charge in [0.25, 0.3) is 0 Å². The lowest BCUT2D eigenvalue weighted by Crippen LogP contribution is -2.01.